The fourth-order valence-corrected chi connectivity index (χ4v) is 2.12. The van der Waals surface area contributed by atoms with Crippen LogP contribution in [0, 0.1) is 0 Å². The van der Waals surface area contributed by atoms with Crippen LogP contribution in [0.5, 0.6) is 0 Å². The minimum Gasteiger partial charge on any atom is -0.126 e. The first-order valence-corrected chi connectivity index (χ1v) is 8.07. The third-order valence-electron chi connectivity index (χ3n) is 2.71. The normalized spacial score (nSPS) is 13.7. The van der Waals surface area contributed by atoms with E-state index in [0.717, 1.165) is 25.0 Å². The lowest BCUT2D eigenvalue weighted by atomic mass is 10.1. The van der Waals surface area contributed by atoms with Crippen molar-refractivity contribution in [1.82, 2.24) is 0 Å². The van der Waals surface area contributed by atoms with Crippen LogP contribution in [0.15, 0.2) is 59.1 Å². The Morgan fingerprint density at radius 3 is 2.58 bits per heavy atom. The molecule has 0 heterocycles. The molecule has 0 nitrogen and oxygen atoms in total. The molecule has 0 saturated heterocycles. The SMILES string of the molecule is C=C(CC)C/C=C(\C=C/CC)CS/C(C)=C/C=C/C. The van der Waals surface area contributed by atoms with E-state index in [1.54, 1.807) is 0 Å². The van der Waals surface area contributed by atoms with Crippen molar-refractivity contribution in [2.75, 3.05) is 5.75 Å². The van der Waals surface area contributed by atoms with E-state index in [0.29, 0.717) is 0 Å². The molecule has 0 aliphatic carbocycles. The molecule has 0 aromatic carbocycles. The smallest absolute Gasteiger partial charge is 0.0225 e. The number of rotatable bonds is 9. The topological polar surface area (TPSA) is 0 Å². The van der Waals surface area contributed by atoms with Gasteiger partial charge < -0.3 is 0 Å². The number of allylic oxidation sites excluding steroid dienone is 8. The second kappa shape index (κ2) is 12.1. The second-order valence-corrected chi connectivity index (χ2v) is 5.71. The first-order chi connectivity index (χ1) is 9.13. The van der Waals surface area contributed by atoms with Crippen LogP contribution >= 0.6 is 11.8 Å². The van der Waals surface area contributed by atoms with E-state index >= 15 is 0 Å². The average molecular weight is 276 g/mol. The molecule has 106 valence electrons. The molecule has 0 aromatic rings. The summed E-state index contributed by atoms with van der Waals surface area (Å²) in [5.74, 6) is 1.04. The number of hydrogen-bond donors (Lipinski definition) is 0. The van der Waals surface area contributed by atoms with Crippen LogP contribution in [-0.2, 0) is 0 Å². The fraction of sp³-hybridized carbons (Fsp3) is 0.444. The molecule has 1 heteroatoms. The van der Waals surface area contributed by atoms with E-state index in [4.69, 9.17) is 0 Å². The van der Waals surface area contributed by atoms with E-state index in [1.807, 2.05) is 18.7 Å². The van der Waals surface area contributed by atoms with Crippen molar-refractivity contribution in [3.05, 3.63) is 59.1 Å². The van der Waals surface area contributed by atoms with Gasteiger partial charge >= 0.3 is 0 Å². The molecule has 0 atom stereocenters. The van der Waals surface area contributed by atoms with Crippen LogP contribution in [0.25, 0.3) is 0 Å². The van der Waals surface area contributed by atoms with Gasteiger partial charge in [-0.2, -0.15) is 0 Å². The first-order valence-electron chi connectivity index (χ1n) is 7.08. The average Bonchev–Trinajstić information content (AvgIpc) is 2.43. The summed E-state index contributed by atoms with van der Waals surface area (Å²) in [6.45, 7) is 12.6. The Kier molecular flexibility index (Phi) is 11.5. The standard InChI is InChI=1S/C18H28S/c1-6-9-11-17(5)19-15-18(12-10-7-2)14-13-16(4)8-3/h6,9-12,14H,4,7-8,13,15H2,1-3,5H3/b9-6+,12-10-,17-11+,18-14+. The molecule has 0 aliphatic heterocycles. The highest BCUT2D eigenvalue weighted by Gasteiger charge is 1.96. The molecule has 0 bridgehead atoms. The fourth-order valence-electron chi connectivity index (χ4n) is 1.34. The molecular formula is C18H28S. The summed E-state index contributed by atoms with van der Waals surface area (Å²) in [4.78, 5) is 1.35. The quantitative estimate of drug-likeness (QED) is 0.344. The van der Waals surface area contributed by atoms with Crippen molar-refractivity contribution in [2.24, 2.45) is 0 Å². The van der Waals surface area contributed by atoms with Gasteiger partial charge in [0.25, 0.3) is 0 Å². The predicted molar refractivity (Wildman–Crippen MR) is 92.6 cm³/mol. The van der Waals surface area contributed by atoms with Crippen molar-refractivity contribution in [2.45, 2.75) is 47.0 Å². The molecule has 0 rings (SSSR count). The van der Waals surface area contributed by atoms with Gasteiger partial charge in [0.05, 0.1) is 0 Å². The summed E-state index contributed by atoms with van der Waals surface area (Å²) in [6, 6.07) is 0. The maximum atomic E-state index is 4.07. The lowest BCUT2D eigenvalue weighted by molar-refractivity contribution is 1.04. The van der Waals surface area contributed by atoms with Gasteiger partial charge in [0.1, 0.15) is 0 Å². The molecule has 0 N–H and O–H groups in total. The lowest BCUT2D eigenvalue weighted by Crippen LogP contribution is -1.86. The Morgan fingerprint density at radius 1 is 1.26 bits per heavy atom. The molecule has 19 heavy (non-hydrogen) atoms. The van der Waals surface area contributed by atoms with Crippen LogP contribution in [-0.4, -0.2) is 5.75 Å². The van der Waals surface area contributed by atoms with E-state index in [9.17, 15) is 0 Å². The minimum atomic E-state index is 0.998. The largest absolute Gasteiger partial charge is 0.126 e. The van der Waals surface area contributed by atoms with Crippen LogP contribution in [0.2, 0.25) is 0 Å². The van der Waals surface area contributed by atoms with Crippen molar-refractivity contribution in [3.63, 3.8) is 0 Å². The van der Waals surface area contributed by atoms with Crippen LogP contribution in [0.1, 0.15) is 47.0 Å². The molecule has 0 saturated carbocycles. The monoisotopic (exact) mass is 276 g/mol. The van der Waals surface area contributed by atoms with E-state index < -0.39 is 0 Å². The van der Waals surface area contributed by atoms with Gasteiger partial charge in [-0.1, -0.05) is 62.5 Å². The van der Waals surface area contributed by atoms with Gasteiger partial charge in [-0.3, -0.25) is 0 Å². The third kappa shape index (κ3) is 10.6. The van der Waals surface area contributed by atoms with Gasteiger partial charge in [-0.05, 0) is 43.6 Å². The zero-order valence-corrected chi connectivity index (χ0v) is 13.7. The molecule has 0 unspecified atom stereocenters. The zero-order chi connectivity index (χ0) is 14.5. The second-order valence-electron chi connectivity index (χ2n) is 4.49. The molecule has 0 radical (unpaired) electrons. The van der Waals surface area contributed by atoms with Crippen LogP contribution in [0.4, 0.5) is 0 Å². The summed E-state index contributed by atoms with van der Waals surface area (Å²) < 4.78 is 0. The number of hydrogen-bond acceptors (Lipinski definition) is 1. The lowest BCUT2D eigenvalue weighted by Gasteiger charge is -2.04. The Hall–Kier alpha value is -0.950. The summed E-state index contributed by atoms with van der Waals surface area (Å²) in [6.07, 6.45) is 16.3. The van der Waals surface area contributed by atoms with Crippen LogP contribution in [0.3, 0.4) is 0 Å². The summed E-state index contributed by atoms with van der Waals surface area (Å²) in [5.41, 5.74) is 2.70. The maximum absolute atomic E-state index is 4.07. The van der Waals surface area contributed by atoms with Gasteiger partial charge in [0.15, 0.2) is 0 Å². The molecular weight excluding hydrogens is 248 g/mol. The van der Waals surface area contributed by atoms with E-state index in [-0.39, 0.29) is 0 Å². The van der Waals surface area contributed by atoms with Gasteiger partial charge in [0.2, 0.25) is 0 Å². The van der Waals surface area contributed by atoms with Crippen molar-refractivity contribution >= 4 is 11.8 Å². The van der Waals surface area contributed by atoms with Crippen molar-refractivity contribution in [1.29, 1.82) is 0 Å². The molecule has 0 aliphatic rings. The van der Waals surface area contributed by atoms with Crippen molar-refractivity contribution < 1.29 is 0 Å². The van der Waals surface area contributed by atoms with Crippen molar-refractivity contribution in [3.8, 4) is 0 Å². The highest BCUT2D eigenvalue weighted by Crippen LogP contribution is 2.20. The van der Waals surface area contributed by atoms with Gasteiger partial charge in [0, 0.05) is 5.75 Å². The first kappa shape index (κ1) is 18.0. The summed E-state index contributed by atoms with van der Waals surface area (Å²) in [7, 11) is 0. The maximum Gasteiger partial charge on any atom is 0.0225 e. The van der Waals surface area contributed by atoms with Crippen LogP contribution < -0.4 is 0 Å². The minimum absolute atomic E-state index is 0.998. The zero-order valence-electron chi connectivity index (χ0n) is 12.9. The third-order valence-corrected chi connectivity index (χ3v) is 3.78. The number of thioether (sulfide) groups is 1. The van der Waals surface area contributed by atoms with E-state index in [2.05, 4.69) is 63.8 Å². The molecule has 0 fully saturated rings. The Morgan fingerprint density at radius 2 is 2.00 bits per heavy atom. The molecule has 0 spiro atoms. The molecule has 0 aromatic heterocycles. The van der Waals surface area contributed by atoms with Gasteiger partial charge in [-0.15, -0.1) is 11.8 Å². The molecule has 0 amide bonds. The van der Waals surface area contributed by atoms with Gasteiger partial charge in [-0.25, -0.2) is 0 Å². The predicted octanol–water partition coefficient (Wildman–Crippen LogP) is 6.45. The highest BCUT2D eigenvalue weighted by atomic mass is 32.2. The Labute approximate surface area is 124 Å². The Bertz CT molecular complexity index is 367. The Balaban J connectivity index is 4.51. The van der Waals surface area contributed by atoms with E-state index in [1.165, 1.54) is 16.1 Å². The highest BCUT2D eigenvalue weighted by molar-refractivity contribution is 8.03. The summed E-state index contributed by atoms with van der Waals surface area (Å²) in [5, 5.41) is 0. The summed E-state index contributed by atoms with van der Waals surface area (Å²) >= 11 is 1.89.